The molecule has 1 aliphatic rings. The first kappa shape index (κ1) is 14.4. The predicted molar refractivity (Wildman–Crippen MR) is 82.0 cm³/mol. The maximum absolute atomic E-state index is 11.0. The van der Waals surface area contributed by atoms with Gasteiger partial charge in [0.15, 0.2) is 0 Å². The van der Waals surface area contributed by atoms with Crippen LogP contribution in [0.5, 0.6) is 0 Å². The third-order valence-electron chi connectivity index (χ3n) is 4.02. The lowest BCUT2D eigenvalue weighted by Gasteiger charge is -2.17. The lowest BCUT2D eigenvalue weighted by Crippen LogP contribution is -2.03. The van der Waals surface area contributed by atoms with Gasteiger partial charge in [-0.15, -0.1) is 0 Å². The highest BCUT2D eigenvalue weighted by molar-refractivity contribution is 5.72. The van der Waals surface area contributed by atoms with Crippen LogP contribution in [-0.4, -0.2) is 11.6 Å². The molecule has 106 valence electrons. The van der Waals surface area contributed by atoms with E-state index in [1.54, 1.807) is 18.3 Å². The molecule has 1 aromatic carbocycles. The van der Waals surface area contributed by atoms with Crippen LogP contribution in [0.2, 0.25) is 0 Å². The van der Waals surface area contributed by atoms with Crippen LogP contribution in [0.1, 0.15) is 43.7 Å². The van der Waals surface area contributed by atoms with Crippen LogP contribution in [0.25, 0.3) is 5.57 Å². The highest BCUT2D eigenvalue weighted by Crippen LogP contribution is 2.39. The molecule has 2 rings (SSSR count). The lowest BCUT2D eigenvalue weighted by molar-refractivity contribution is -0.384. The molecule has 0 amide bonds. The molecule has 0 unspecified atom stereocenters. The summed E-state index contributed by atoms with van der Waals surface area (Å²) in [5.74, 6) is 0.452. The summed E-state index contributed by atoms with van der Waals surface area (Å²) in [4.78, 5) is 14.6. The molecule has 0 aromatic heterocycles. The Morgan fingerprint density at radius 1 is 1.50 bits per heavy atom. The summed E-state index contributed by atoms with van der Waals surface area (Å²) in [6, 6.07) is 5.13. The number of hydrogen-bond donors (Lipinski definition) is 0. The van der Waals surface area contributed by atoms with Gasteiger partial charge in [0.2, 0.25) is 0 Å². The first-order chi connectivity index (χ1) is 9.67. The largest absolute Gasteiger partial charge is 0.272 e. The second-order valence-corrected chi connectivity index (χ2v) is 5.20. The Balaban J connectivity index is 2.50. The van der Waals surface area contributed by atoms with Crippen LogP contribution in [0.4, 0.5) is 5.69 Å². The Morgan fingerprint density at radius 3 is 2.75 bits per heavy atom. The minimum Gasteiger partial charge on any atom is -0.272 e. The molecule has 4 nitrogen and oxygen atoms in total. The topological polar surface area (TPSA) is 55.5 Å². The molecule has 1 aliphatic carbocycles. The van der Waals surface area contributed by atoms with Gasteiger partial charge in [-0.25, -0.2) is 0 Å². The predicted octanol–water partition coefficient (Wildman–Crippen LogP) is 4.39. The number of hydrogen-bond acceptors (Lipinski definition) is 3. The van der Waals surface area contributed by atoms with Crippen molar-refractivity contribution < 1.29 is 4.92 Å². The van der Waals surface area contributed by atoms with Crippen LogP contribution >= 0.6 is 0 Å². The summed E-state index contributed by atoms with van der Waals surface area (Å²) in [7, 11) is 0. The van der Waals surface area contributed by atoms with Crippen LogP contribution in [0.3, 0.4) is 0 Å². The summed E-state index contributed by atoms with van der Waals surface area (Å²) < 4.78 is 0. The third kappa shape index (κ3) is 2.95. The molecule has 1 aromatic rings. The van der Waals surface area contributed by atoms with E-state index in [1.807, 2.05) is 6.07 Å². The number of rotatable bonds is 5. The molecule has 1 saturated carbocycles. The average Bonchev–Trinajstić information content (AvgIpc) is 2.98. The van der Waals surface area contributed by atoms with Crippen molar-refractivity contribution in [2.24, 2.45) is 10.9 Å². The smallest absolute Gasteiger partial charge is 0.270 e. The van der Waals surface area contributed by atoms with Gasteiger partial charge in [-0.2, -0.15) is 0 Å². The van der Waals surface area contributed by atoms with E-state index >= 15 is 0 Å². The van der Waals surface area contributed by atoms with Crippen molar-refractivity contribution in [2.75, 3.05) is 0 Å². The van der Waals surface area contributed by atoms with Crippen LogP contribution < -0.4 is 0 Å². The molecule has 0 N–H and O–H groups in total. The monoisotopic (exact) mass is 272 g/mol. The van der Waals surface area contributed by atoms with Crippen LogP contribution in [0, 0.1) is 16.0 Å². The highest BCUT2D eigenvalue weighted by atomic mass is 16.6. The summed E-state index contributed by atoms with van der Waals surface area (Å²) in [5, 5.41) is 11.0. The normalized spacial score (nSPS) is 16.4. The average molecular weight is 272 g/mol. The number of benzene rings is 1. The molecule has 0 spiro atoms. The fraction of sp³-hybridized carbons (Fsp3) is 0.438. The number of aliphatic imine (C=N–C) groups is 1. The molecule has 4 heteroatoms. The zero-order valence-corrected chi connectivity index (χ0v) is 11.8. The fourth-order valence-corrected chi connectivity index (χ4v) is 2.99. The zero-order chi connectivity index (χ0) is 14.5. The Bertz CT molecular complexity index is 543. The minimum absolute atomic E-state index is 0.144. The maximum atomic E-state index is 11.0. The SMILES string of the molecule is C=N/C=C(\c1cc([N+](=O)[O-])ccc1CC)C1CCCC1. The van der Waals surface area contributed by atoms with Crippen molar-refractivity contribution in [3.05, 3.63) is 45.6 Å². The molecule has 0 saturated heterocycles. The van der Waals surface area contributed by atoms with E-state index in [0.29, 0.717) is 5.92 Å². The van der Waals surface area contributed by atoms with Crippen molar-refractivity contribution in [1.29, 1.82) is 0 Å². The van der Waals surface area contributed by atoms with Crippen LogP contribution in [-0.2, 0) is 6.42 Å². The Labute approximate surface area is 119 Å². The molecular formula is C16H20N2O2. The fourth-order valence-electron chi connectivity index (χ4n) is 2.99. The van der Waals surface area contributed by atoms with Gasteiger partial charge in [-0.05, 0) is 48.6 Å². The van der Waals surface area contributed by atoms with Gasteiger partial charge in [0, 0.05) is 18.3 Å². The zero-order valence-electron chi connectivity index (χ0n) is 11.8. The number of nitrogens with zero attached hydrogens (tertiary/aromatic N) is 2. The molecule has 0 radical (unpaired) electrons. The number of non-ortho nitro benzene ring substituents is 1. The summed E-state index contributed by atoms with van der Waals surface area (Å²) in [5.41, 5.74) is 3.36. The van der Waals surface area contributed by atoms with Crippen molar-refractivity contribution in [1.82, 2.24) is 0 Å². The number of allylic oxidation sites excluding steroid dienone is 1. The van der Waals surface area contributed by atoms with E-state index in [9.17, 15) is 10.1 Å². The van der Waals surface area contributed by atoms with Crippen molar-refractivity contribution in [2.45, 2.75) is 39.0 Å². The molecule has 0 bridgehead atoms. The van der Waals surface area contributed by atoms with E-state index in [1.165, 1.54) is 12.8 Å². The van der Waals surface area contributed by atoms with Gasteiger partial charge in [0.1, 0.15) is 0 Å². The van der Waals surface area contributed by atoms with E-state index in [2.05, 4.69) is 18.6 Å². The van der Waals surface area contributed by atoms with Crippen LogP contribution in [0.15, 0.2) is 29.4 Å². The van der Waals surface area contributed by atoms with Gasteiger partial charge in [0.25, 0.3) is 5.69 Å². The van der Waals surface area contributed by atoms with Gasteiger partial charge in [-0.1, -0.05) is 25.8 Å². The van der Waals surface area contributed by atoms with E-state index in [0.717, 1.165) is 36.0 Å². The quantitative estimate of drug-likeness (QED) is 0.453. The number of nitro benzene ring substituents is 1. The second-order valence-electron chi connectivity index (χ2n) is 5.20. The standard InChI is InChI=1S/C16H20N2O2/c1-3-12-8-9-14(18(19)20)10-15(12)16(11-17-2)13-6-4-5-7-13/h8-11,13H,2-7H2,1H3/b16-11-. The molecular weight excluding hydrogens is 252 g/mol. The maximum Gasteiger partial charge on any atom is 0.270 e. The molecule has 20 heavy (non-hydrogen) atoms. The highest BCUT2D eigenvalue weighted by Gasteiger charge is 2.23. The van der Waals surface area contributed by atoms with E-state index in [4.69, 9.17) is 0 Å². The van der Waals surface area contributed by atoms with Crippen molar-refractivity contribution in [3.8, 4) is 0 Å². The second kappa shape index (κ2) is 6.46. The molecule has 0 aliphatic heterocycles. The van der Waals surface area contributed by atoms with Gasteiger partial charge in [0.05, 0.1) is 4.92 Å². The Morgan fingerprint density at radius 2 is 2.20 bits per heavy atom. The molecule has 1 fully saturated rings. The third-order valence-corrected chi connectivity index (χ3v) is 4.02. The number of aryl methyl sites for hydroxylation is 1. The minimum atomic E-state index is -0.337. The van der Waals surface area contributed by atoms with Gasteiger partial charge in [-0.3, -0.25) is 15.1 Å². The van der Waals surface area contributed by atoms with Crippen molar-refractivity contribution >= 4 is 18.0 Å². The summed E-state index contributed by atoms with van der Waals surface area (Å²) >= 11 is 0. The first-order valence-corrected chi connectivity index (χ1v) is 7.11. The van der Waals surface area contributed by atoms with Gasteiger partial charge >= 0.3 is 0 Å². The van der Waals surface area contributed by atoms with E-state index < -0.39 is 0 Å². The Kier molecular flexibility index (Phi) is 4.66. The lowest BCUT2D eigenvalue weighted by atomic mass is 9.88. The Hall–Kier alpha value is -1.97. The van der Waals surface area contributed by atoms with E-state index in [-0.39, 0.29) is 10.6 Å². The van der Waals surface area contributed by atoms with Crippen molar-refractivity contribution in [3.63, 3.8) is 0 Å². The first-order valence-electron chi connectivity index (χ1n) is 7.11. The summed E-state index contributed by atoms with van der Waals surface area (Å²) in [6.45, 7) is 5.62. The number of nitro groups is 1. The molecule has 0 atom stereocenters. The summed E-state index contributed by atoms with van der Waals surface area (Å²) in [6.07, 6.45) is 7.34. The molecule has 0 heterocycles. The van der Waals surface area contributed by atoms with Gasteiger partial charge < -0.3 is 0 Å².